The molecule has 0 heterocycles. The highest BCUT2D eigenvalue weighted by molar-refractivity contribution is 5.97. The van der Waals surface area contributed by atoms with E-state index < -0.39 is 12.1 Å². The Kier molecular flexibility index (Phi) is 6.71. The fraction of sp³-hybridized carbons (Fsp3) is 0.300. The van der Waals surface area contributed by atoms with Crippen molar-refractivity contribution in [2.45, 2.75) is 32.4 Å². The van der Waals surface area contributed by atoms with Gasteiger partial charge in [0.05, 0.1) is 6.10 Å². The number of amides is 2. The highest BCUT2D eigenvalue weighted by Crippen LogP contribution is 2.14. The second-order valence-electron chi connectivity index (χ2n) is 6.07. The number of carbonyl (C=O) groups is 2. The summed E-state index contributed by atoms with van der Waals surface area (Å²) in [6, 6.07) is 15.8. The Labute approximate surface area is 148 Å². The van der Waals surface area contributed by atoms with Crippen LogP contribution >= 0.6 is 0 Å². The molecule has 0 radical (unpaired) electrons. The van der Waals surface area contributed by atoms with Crippen LogP contribution in [0.1, 0.15) is 40.9 Å². The summed E-state index contributed by atoms with van der Waals surface area (Å²) < 4.78 is 0. The van der Waals surface area contributed by atoms with Gasteiger partial charge in [0.15, 0.2) is 0 Å². The first-order valence-corrected chi connectivity index (χ1v) is 8.35. The van der Waals surface area contributed by atoms with Crippen LogP contribution in [0.5, 0.6) is 0 Å². The Morgan fingerprint density at radius 3 is 2.48 bits per heavy atom. The second kappa shape index (κ2) is 8.99. The minimum Gasteiger partial charge on any atom is -0.388 e. The van der Waals surface area contributed by atoms with Crippen LogP contribution in [0.4, 0.5) is 0 Å². The molecular weight excluding hydrogens is 316 g/mol. The van der Waals surface area contributed by atoms with Crippen LogP contribution in [0, 0.1) is 6.92 Å². The maximum absolute atomic E-state index is 12.1. The topological polar surface area (TPSA) is 78.4 Å². The minimum atomic E-state index is -0.651. The van der Waals surface area contributed by atoms with Crippen LogP contribution in [-0.4, -0.2) is 29.5 Å². The monoisotopic (exact) mass is 340 g/mol. The van der Waals surface area contributed by atoms with Crippen molar-refractivity contribution in [2.75, 3.05) is 6.54 Å². The van der Waals surface area contributed by atoms with Crippen molar-refractivity contribution in [2.24, 2.45) is 0 Å². The molecule has 0 saturated carbocycles. The number of hydrogen-bond acceptors (Lipinski definition) is 3. The van der Waals surface area contributed by atoms with E-state index in [1.54, 1.807) is 25.1 Å². The molecule has 0 aliphatic rings. The average molecular weight is 340 g/mol. The zero-order valence-corrected chi connectivity index (χ0v) is 14.5. The molecule has 0 aromatic heterocycles. The fourth-order valence-corrected chi connectivity index (χ4v) is 2.46. The van der Waals surface area contributed by atoms with E-state index in [0.29, 0.717) is 18.5 Å². The van der Waals surface area contributed by atoms with E-state index in [0.717, 1.165) is 11.1 Å². The number of hydrogen-bond donors (Lipinski definition) is 3. The molecule has 25 heavy (non-hydrogen) atoms. The third kappa shape index (κ3) is 5.72. The molecule has 132 valence electrons. The summed E-state index contributed by atoms with van der Waals surface area (Å²) in [5, 5.41) is 15.5. The molecular formula is C20H24N2O3. The summed E-state index contributed by atoms with van der Waals surface area (Å²) in [6.45, 7) is 3.88. The van der Waals surface area contributed by atoms with Gasteiger partial charge in [0.25, 0.3) is 5.91 Å². The van der Waals surface area contributed by atoms with Crippen molar-refractivity contribution < 1.29 is 14.7 Å². The van der Waals surface area contributed by atoms with E-state index >= 15 is 0 Å². The molecule has 0 aliphatic heterocycles. The molecule has 5 nitrogen and oxygen atoms in total. The Morgan fingerprint density at radius 1 is 1.08 bits per heavy atom. The molecule has 2 amide bonds. The van der Waals surface area contributed by atoms with Crippen LogP contribution in [0.2, 0.25) is 0 Å². The second-order valence-corrected chi connectivity index (χ2v) is 6.07. The Balaban J connectivity index is 1.77. The first-order chi connectivity index (χ1) is 12.0. The lowest BCUT2D eigenvalue weighted by molar-refractivity contribution is -0.122. The summed E-state index contributed by atoms with van der Waals surface area (Å²) >= 11 is 0. The van der Waals surface area contributed by atoms with Crippen LogP contribution < -0.4 is 10.6 Å². The van der Waals surface area contributed by atoms with Gasteiger partial charge in [-0.05, 0) is 38.0 Å². The first kappa shape index (κ1) is 18.7. The number of carbonyl (C=O) groups excluding carboxylic acids is 2. The summed E-state index contributed by atoms with van der Waals surface area (Å²) in [5.41, 5.74) is 2.33. The third-order valence-corrected chi connectivity index (χ3v) is 3.92. The fourth-order valence-electron chi connectivity index (χ4n) is 2.46. The zero-order chi connectivity index (χ0) is 18.2. The predicted molar refractivity (Wildman–Crippen MR) is 97.1 cm³/mol. The van der Waals surface area contributed by atoms with E-state index in [1.807, 2.05) is 43.3 Å². The van der Waals surface area contributed by atoms with Gasteiger partial charge in [-0.15, -0.1) is 0 Å². The van der Waals surface area contributed by atoms with E-state index in [1.165, 1.54) is 0 Å². The molecule has 2 aromatic rings. The molecule has 0 bridgehead atoms. The quantitative estimate of drug-likeness (QED) is 0.724. The SMILES string of the molecule is Cc1cccc(C(=O)N[C@H](C)C(=O)NCC[C@H](O)c2ccccc2)c1. The Hall–Kier alpha value is -2.66. The number of benzene rings is 2. The van der Waals surface area contributed by atoms with Crippen molar-refractivity contribution in [3.05, 3.63) is 71.3 Å². The summed E-state index contributed by atoms with van der Waals surface area (Å²) in [4.78, 5) is 24.2. The van der Waals surface area contributed by atoms with Gasteiger partial charge in [0, 0.05) is 12.1 Å². The van der Waals surface area contributed by atoms with Gasteiger partial charge in [-0.1, -0.05) is 48.0 Å². The van der Waals surface area contributed by atoms with Gasteiger partial charge in [0.1, 0.15) is 6.04 Å². The predicted octanol–water partition coefficient (Wildman–Crippen LogP) is 2.35. The average Bonchev–Trinajstić information content (AvgIpc) is 2.62. The zero-order valence-electron chi connectivity index (χ0n) is 14.5. The number of nitrogens with one attached hydrogen (secondary N) is 2. The highest BCUT2D eigenvalue weighted by Gasteiger charge is 2.17. The third-order valence-electron chi connectivity index (χ3n) is 3.92. The maximum atomic E-state index is 12.1. The van der Waals surface area contributed by atoms with Crippen molar-refractivity contribution in [3.8, 4) is 0 Å². The summed E-state index contributed by atoms with van der Waals surface area (Å²) in [6.07, 6.45) is -0.215. The number of aliphatic hydroxyl groups is 1. The lowest BCUT2D eigenvalue weighted by Crippen LogP contribution is -2.45. The summed E-state index contributed by atoms with van der Waals surface area (Å²) in [7, 11) is 0. The smallest absolute Gasteiger partial charge is 0.251 e. The van der Waals surface area contributed by atoms with Crippen LogP contribution in [0.3, 0.4) is 0 Å². The van der Waals surface area contributed by atoms with Gasteiger partial charge in [0.2, 0.25) is 5.91 Å². The molecule has 0 aliphatic carbocycles. The van der Waals surface area contributed by atoms with E-state index in [9.17, 15) is 14.7 Å². The molecule has 0 spiro atoms. The Bertz CT molecular complexity index is 716. The Morgan fingerprint density at radius 2 is 1.80 bits per heavy atom. The van der Waals surface area contributed by atoms with Crippen molar-refractivity contribution in [1.29, 1.82) is 0 Å². The van der Waals surface area contributed by atoms with Gasteiger partial charge in [-0.3, -0.25) is 9.59 Å². The van der Waals surface area contributed by atoms with Crippen LogP contribution in [-0.2, 0) is 4.79 Å². The lowest BCUT2D eigenvalue weighted by Gasteiger charge is -2.16. The highest BCUT2D eigenvalue weighted by atomic mass is 16.3. The van der Waals surface area contributed by atoms with E-state index in [2.05, 4.69) is 10.6 Å². The van der Waals surface area contributed by atoms with E-state index in [-0.39, 0.29) is 11.8 Å². The number of aliphatic hydroxyl groups excluding tert-OH is 1. The lowest BCUT2D eigenvalue weighted by atomic mass is 10.1. The normalized spacial score (nSPS) is 12.9. The standard InChI is InChI=1S/C20H24N2O3/c1-14-7-6-10-17(13-14)20(25)22-15(2)19(24)21-12-11-18(23)16-8-4-3-5-9-16/h3-10,13,15,18,23H,11-12H2,1-2H3,(H,21,24)(H,22,25)/t15-,18+/m1/s1. The number of rotatable bonds is 7. The largest absolute Gasteiger partial charge is 0.388 e. The minimum absolute atomic E-state index is 0.277. The van der Waals surface area contributed by atoms with Gasteiger partial charge < -0.3 is 15.7 Å². The van der Waals surface area contributed by atoms with Gasteiger partial charge in [-0.2, -0.15) is 0 Å². The first-order valence-electron chi connectivity index (χ1n) is 8.35. The molecule has 0 saturated heterocycles. The van der Waals surface area contributed by atoms with Crippen molar-refractivity contribution in [1.82, 2.24) is 10.6 Å². The number of aryl methyl sites for hydroxylation is 1. The van der Waals surface area contributed by atoms with Gasteiger partial charge >= 0.3 is 0 Å². The molecule has 0 unspecified atom stereocenters. The molecule has 0 fully saturated rings. The van der Waals surface area contributed by atoms with Crippen molar-refractivity contribution in [3.63, 3.8) is 0 Å². The maximum Gasteiger partial charge on any atom is 0.251 e. The molecule has 5 heteroatoms. The molecule has 2 rings (SSSR count). The molecule has 2 aromatic carbocycles. The van der Waals surface area contributed by atoms with E-state index in [4.69, 9.17) is 0 Å². The molecule has 2 atom stereocenters. The van der Waals surface area contributed by atoms with Crippen molar-refractivity contribution >= 4 is 11.8 Å². The molecule has 3 N–H and O–H groups in total. The summed E-state index contributed by atoms with van der Waals surface area (Å²) in [5.74, 6) is -0.558. The van der Waals surface area contributed by atoms with Gasteiger partial charge in [-0.25, -0.2) is 0 Å². The van der Waals surface area contributed by atoms with Crippen LogP contribution in [0.15, 0.2) is 54.6 Å². The van der Waals surface area contributed by atoms with Crippen LogP contribution in [0.25, 0.3) is 0 Å².